The molecule has 0 aliphatic heterocycles. The number of aromatic nitrogens is 1. The lowest BCUT2D eigenvalue weighted by atomic mass is 10.1. The van der Waals surface area contributed by atoms with E-state index in [4.69, 9.17) is 4.98 Å². The minimum absolute atomic E-state index is 0.399. The first-order chi connectivity index (χ1) is 9.85. The van der Waals surface area contributed by atoms with E-state index in [1.807, 2.05) is 11.3 Å². The second kappa shape index (κ2) is 8.74. The highest BCUT2D eigenvalue weighted by molar-refractivity contribution is 7.15. The topological polar surface area (TPSA) is 28.2 Å². The van der Waals surface area contributed by atoms with E-state index < -0.39 is 0 Å². The third-order valence-corrected chi connectivity index (χ3v) is 4.76. The molecule has 0 spiro atoms. The summed E-state index contributed by atoms with van der Waals surface area (Å²) in [4.78, 5) is 8.70. The first kappa shape index (κ1) is 18.4. The third kappa shape index (κ3) is 5.95. The maximum atomic E-state index is 4.85. The van der Waals surface area contributed by atoms with E-state index >= 15 is 0 Å². The quantitative estimate of drug-likeness (QED) is 0.720. The van der Waals surface area contributed by atoms with Gasteiger partial charge in [-0.3, -0.25) is 0 Å². The maximum absolute atomic E-state index is 4.85. The fraction of sp³-hybridized carbons (Fsp3) is 0.824. The molecule has 0 bridgehead atoms. The van der Waals surface area contributed by atoms with Gasteiger partial charge in [0.05, 0.1) is 5.69 Å². The van der Waals surface area contributed by atoms with E-state index in [0.717, 1.165) is 19.6 Å². The van der Waals surface area contributed by atoms with Gasteiger partial charge in [-0.25, -0.2) is 4.98 Å². The van der Waals surface area contributed by atoms with E-state index in [1.54, 1.807) is 0 Å². The van der Waals surface area contributed by atoms with Crippen LogP contribution < -0.4 is 10.2 Å². The van der Waals surface area contributed by atoms with E-state index in [2.05, 4.69) is 58.7 Å². The van der Waals surface area contributed by atoms with Crippen molar-refractivity contribution >= 4 is 16.5 Å². The van der Waals surface area contributed by atoms with Crippen LogP contribution in [0.5, 0.6) is 0 Å². The Labute approximate surface area is 135 Å². The Balaban J connectivity index is 2.89. The van der Waals surface area contributed by atoms with E-state index in [9.17, 15) is 0 Å². The molecular formula is C17H33N3S. The van der Waals surface area contributed by atoms with Crippen molar-refractivity contribution in [3.8, 4) is 0 Å². The van der Waals surface area contributed by atoms with Gasteiger partial charge in [-0.2, -0.15) is 0 Å². The highest BCUT2D eigenvalue weighted by Gasteiger charge is 2.19. The summed E-state index contributed by atoms with van der Waals surface area (Å²) in [6.07, 6.45) is 1.17. The summed E-state index contributed by atoms with van der Waals surface area (Å²) >= 11 is 1.86. The molecule has 1 N–H and O–H groups in total. The van der Waals surface area contributed by atoms with Crippen LogP contribution in [0, 0.1) is 18.8 Å². The van der Waals surface area contributed by atoms with Crippen molar-refractivity contribution in [1.29, 1.82) is 0 Å². The number of nitrogens with one attached hydrogen (secondary N) is 1. The Morgan fingerprint density at radius 2 is 1.67 bits per heavy atom. The summed E-state index contributed by atoms with van der Waals surface area (Å²) in [6, 6.07) is 0.399. The second-order valence-electron chi connectivity index (χ2n) is 6.81. The molecule has 0 aromatic carbocycles. The second-order valence-corrected chi connectivity index (χ2v) is 7.82. The van der Waals surface area contributed by atoms with Gasteiger partial charge in [-0.1, -0.05) is 34.6 Å². The van der Waals surface area contributed by atoms with Gasteiger partial charge in [-0.05, 0) is 38.6 Å². The fourth-order valence-electron chi connectivity index (χ4n) is 2.50. The van der Waals surface area contributed by atoms with E-state index in [1.165, 1.54) is 22.1 Å². The molecule has 1 aromatic rings. The average Bonchev–Trinajstić information content (AvgIpc) is 2.76. The van der Waals surface area contributed by atoms with Crippen molar-refractivity contribution in [2.75, 3.05) is 24.5 Å². The molecule has 0 radical (unpaired) electrons. The molecule has 0 amide bonds. The summed E-state index contributed by atoms with van der Waals surface area (Å²) in [5.74, 6) is 1.32. The van der Waals surface area contributed by atoms with Crippen LogP contribution in [0.25, 0.3) is 0 Å². The zero-order chi connectivity index (χ0) is 16.0. The Bertz CT molecular complexity index is 402. The zero-order valence-electron chi connectivity index (χ0n) is 14.9. The van der Waals surface area contributed by atoms with Crippen LogP contribution in [-0.2, 0) is 0 Å². The number of hydrogen-bond donors (Lipinski definition) is 1. The Hall–Kier alpha value is -0.610. The van der Waals surface area contributed by atoms with Crippen LogP contribution in [0.15, 0.2) is 0 Å². The smallest absolute Gasteiger partial charge is 0.185 e. The van der Waals surface area contributed by atoms with Crippen molar-refractivity contribution in [3.63, 3.8) is 0 Å². The monoisotopic (exact) mass is 311 g/mol. The van der Waals surface area contributed by atoms with Crippen molar-refractivity contribution in [1.82, 2.24) is 10.3 Å². The molecule has 21 heavy (non-hydrogen) atoms. The summed E-state index contributed by atoms with van der Waals surface area (Å²) in [5, 5.41) is 4.76. The van der Waals surface area contributed by atoms with Gasteiger partial charge in [0.2, 0.25) is 0 Å². The first-order valence-corrected chi connectivity index (χ1v) is 9.12. The van der Waals surface area contributed by atoms with E-state index in [-0.39, 0.29) is 0 Å². The van der Waals surface area contributed by atoms with Gasteiger partial charge in [0.25, 0.3) is 0 Å². The molecule has 0 saturated carbocycles. The molecule has 0 aliphatic carbocycles. The third-order valence-electron chi connectivity index (χ3n) is 3.36. The molecule has 1 atom stereocenters. The Kier molecular flexibility index (Phi) is 7.67. The standard InChI is InChI=1S/C17H33N3S/c1-8-9-18-14(6)16-15(7)19-17(21-16)20(10-12(2)3)11-13(4)5/h12-14,18H,8-11H2,1-7H3. The van der Waals surface area contributed by atoms with Crippen molar-refractivity contribution in [2.24, 2.45) is 11.8 Å². The Morgan fingerprint density at radius 3 is 2.14 bits per heavy atom. The van der Waals surface area contributed by atoms with Crippen molar-refractivity contribution < 1.29 is 0 Å². The predicted octanol–water partition coefficient (Wildman–Crippen LogP) is 4.63. The minimum atomic E-state index is 0.399. The van der Waals surface area contributed by atoms with Crippen LogP contribution in [0.1, 0.15) is 64.6 Å². The lowest BCUT2D eigenvalue weighted by Gasteiger charge is -2.25. The summed E-state index contributed by atoms with van der Waals surface area (Å²) in [6.45, 7) is 18.9. The average molecular weight is 312 g/mol. The molecule has 0 saturated heterocycles. The number of thiazole rings is 1. The normalized spacial score (nSPS) is 13.2. The molecule has 1 unspecified atom stereocenters. The van der Waals surface area contributed by atoms with Gasteiger partial charge in [0, 0.05) is 24.0 Å². The highest BCUT2D eigenvalue weighted by Crippen LogP contribution is 2.31. The number of anilines is 1. The van der Waals surface area contributed by atoms with Crippen molar-refractivity contribution in [3.05, 3.63) is 10.6 Å². The summed E-state index contributed by atoms with van der Waals surface area (Å²) < 4.78 is 0. The Morgan fingerprint density at radius 1 is 1.10 bits per heavy atom. The van der Waals surface area contributed by atoms with Gasteiger partial charge in [0.15, 0.2) is 5.13 Å². The lowest BCUT2D eigenvalue weighted by molar-refractivity contribution is 0.551. The molecule has 1 rings (SSSR count). The molecule has 0 aliphatic rings. The molecular weight excluding hydrogens is 278 g/mol. The zero-order valence-corrected chi connectivity index (χ0v) is 15.7. The molecule has 1 heterocycles. The minimum Gasteiger partial charge on any atom is -0.348 e. The molecule has 122 valence electrons. The molecule has 3 nitrogen and oxygen atoms in total. The van der Waals surface area contributed by atoms with Gasteiger partial charge in [0.1, 0.15) is 0 Å². The number of nitrogens with zero attached hydrogens (tertiary/aromatic N) is 2. The SMILES string of the molecule is CCCNC(C)c1sc(N(CC(C)C)CC(C)C)nc1C. The largest absolute Gasteiger partial charge is 0.348 e. The van der Waals surface area contributed by atoms with Gasteiger partial charge < -0.3 is 10.2 Å². The molecule has 0 fully saturated rings. The lowest BCUT2D eigenvalue weighted by Crippen LogP contribution is -2.31. The summed E-state index contributed by atoms with van der Waals surface area (Å²) in [7, 11) is 0. The highest BCUT2D eigenvalue weighted by atomic mass is 32.1. The number of rotatable bonds is 9. The van der Waals surface area contributed by atoms with Crippen LogP contribution in [0.2, 0.25) is 0 Å². The van der Waals surface area contributed by atoms with Crippen LogP contribution in [0.3, 0.4) is 0 Å². The molecule has 1 aromatic heterocycles. The fourth-order valence-corrected chi connectivity index (χ4v) is 3.61. The maximum Gasteiger partial charge on any atom is 0.185 e. The van der Waals surface area contributed by atoms with Gasteiger partial charge >= 0.3 is 0 Å². The van der Waals surface area contributed by atoms with Crippen molar-refractivity contribution in [2.45, 2.75) is 60.9 Å². The summed E-state index contributed by atoms with van der Waals surface area (Å²) in [5.41, 5.74) is 1.18. The molecule has 4 heteroatoms. The van der Waals surface area contributed by atoms with Gasteiger partial charge in [-0.15, -0.1) is 11.3 Å². The number of hydrogen-bond acceptors (Lipinski definition) is 4. The van der Waals surface area contributed by atoms with E-state index in [0.29, 0.717) is 17.9 Å². The number of aryl methyl sites for hydroxylation is 1. The van der Waals surface area contributed by atoms with Crippen LogP contribution in [-0.4, -0.2) is 24.6 Å². The first-order valence-electron chi connectivity index (χ1n) is 8.30. The van der Waals surface area contributed by atoms with Crippen LogP contribution in [0.4, 0.5) is 5.13 Å². The predicted molar refractivity (Wildman–Crippen MR) is 95.4 cm³/mol. The van der Waals surface area contributed by atoms with Crippen LogP contribution >= 0.6 is 11.3 Å².